The van der Waals surface area contributed by atoms with Crippen LogP contribution in [0.2, 0.25) is 0 Å². The van der Waals surface area contributed by atoms with Crippen LogP contribution in [0.4, 0.5) is 0 Å². The fourth-order valence-electron chi connectivity index (χ4n) is 2.27. The molecule has 0 unspecified atom stereocenters. The van der Waals surface area contributed by atoms with Gasteiger partial charge in [0, 0.05) is 12.1 Å². The van der Waals surface area contributed by atoms with Crippen LogP contribution in [-0.4, -0.2) is 12.0 Å². The highest BCUT2D eigenvalue weighted by molar-refractivity contribution is 7.18. The third kappa shape index (κ3) is 3.04. The predicted molar refractivity (Wildman–Crippen MR) is 90.5 cm³/mol. The molecule has 0 aliphatic rings. The van der Waals surface area contributed by atoms with Gasteiger partial charge in [0.15, 0.2) is 0 Å². The Labute approximate surface area is 129 Å². The maximum absolute atomic E-state index is 4.83. The minimum atomic E-state index is 0.784. The molecule has 0 aliphatic heterocycles. The Kier molecular flexibility index (Phi) is 4.13. The molecule has 2 nitrogen and oxygen atoms in total. The molecule has 0 fully saturated rings. The Hall–Kier alpha value is -1.97. The molecule has 0 bridgehead atoms. The van der Waals surface area contributed by atoms with E-state index in [2.05, 4.69) is 60.8 Å². The molecular weight excluding hydrogens is 276 g/mol. The van der Waals surface area contributed by atoms with Gasteiger partial charge < -0.3 is 5.32 Å². The Bertz CT molecular complexity index is 715. The fraction of sp³-hybridized carbons (Fsp3) is 0.167. The molecule has 0 radical (unpaired) electrons. The van der Waals surface area contributed by atoms with E-state index in [4.69, 9.17) is 4.98 Å². The molecule has 3 aromatic rings. The molecule has 3 rings (SSSR count). The van der Waals surface area contributed by atoms with Crippen molar-refractivity contribution in [2.75, 3.05) is 7.05 Å². The number of nitrogens with zero attached hydrogens (tertiary/aromatic N) is 1. The zero-order valence-corrected chi connectivity index (χ0v) is 13.1. The first-order chi connectivity index (χ1) is 10.3. The first-order valence-electron chi connectivity index (χ1n) is 7.04. The molecule has 0 aliphatic carbocycles. The minimum Gasteiger partial charge on any atom is -0.314 e. The van der Waals surface area contributed by atoms with Crippen molar-refractivity contribution in [2.24, 2.45) is 0 Å². The number of benzene rings is 2. The van der Waals surface area contributed by atoms with E-state index < -0.39 is 0 Å². The largest absolute Gasteiger partial charge is 0.314 e. The summed E-state index contributed by atoms with van der Waals surface area (Å²) in [6.07, 6.45) is 0. The van der Waals surface area contributed by atoms with E-state index in [1.165, 1.54) is 21.6 Å². The smallest absolute Gasteiger partial charge is 0.124 e. The van der Waals surface area contributed by atoms with Gasteiger partial charge in [0.05, 0.1) is 10.6 Å². The third-order valence-corrected chi connectivity index (χ3v) is 4.57. The molecule has 1 heterocycles. The highest BCUT2D eigenvalue weighted by atomic mass is 32.1. The number of hydrogen-bond donors (Lipinski definition) is 1. The second-order valence-corrected chi connectivity index (χ2v) is 6.06. The topological polar surface area (TPSA) is 24.9 Å². The van der Waals surface area contributed by atoms with Crippen LogP contribution in [0.1, 0.15) is 11.3 Å². The lowest BCUT2D eigenvalue weighted by Crippen LogP contribution is -2.06. The monoisotopic (exact) mass is 294 g/mol. The SMILES string of the molecule is CNCc1nc(-c2ccc(C)cc2)sc1-c1ccccc1. The highest BCUT2D eigenvalue weighted by Crippen LogP contribution is 2.35. The lowest BCUT2D eigenvalue weighted by atomic mass is 10.1. The Balaban J connectivity index is 2.06. The van der Waals surface area contributed by atoms with Gasteiger partial charge in [-0.2, -0.15) is 0 Å². The maximum Gasteiger partial charge on any atom is 0.124 e. The fourth-order valence-corrected chi connectivity index (χ4v) is 3.37. The molecule has 106 valence electrons. The van der Waals surface area contributed by atoms with E-state index in [0.29, 0.717) is 0 Å². The average molecular weight is 294 g/mol. The first-order valence-corrected chi connectivity index (χ1v) is 7.86. The van der Waals surface area contributed by atoms with E-state index >= 15 is 0 Å². The predicted octanol–water partition coefficient (Wildman–Crippen LogP) is 4.50. The molecule has 0 amide bonds. The van der Waals surface area contributed by atoms with E-state index in [-0.39, 0.29) is 0 Å². The number of aryl methyl sites for hydroxylation is 1. The van der Waals surface area contributed by atoms with Gasteiger partial charge in [-0.05, 0) is 19.5 Å². The summed E-state index contributed by atoms with van der Waals surface area (Å²) in [5, 5.41) is 4.29. The zero-order chi connectivity index (χ0) is 14.7. The summed E-state index contributed by atoms with van der Waals surface area (Å²) >= 11 is 1.76. The van der Waals surface area contributed by atoms with E-state index in [1.54, 1.807) is 11.3 Å². The average Bonchev–Trinajstić information content (AvgIpc) is 2.93. The maximum atomic E-state index is 4.83. The summed E-state index contributed by atoms with van der Waals surface area (Å²) in [5.74, 6) is 0. The molecule has 0 atom stereocenters. The Morgan fingerprint density at radius 2 is 1.67 bits per heavy atom. The number of hydrogen-bond acceptors (Lipinski definition) is 3. The van der Waals surface area contributed by atoms with Crippen LogP contribution in [0.25, 0.3) is 21.0 Å². The number of rotatable bonds is 4. The summed E-state index contributed by atoms with van der Waals surface area (Å²) < 4.78 is 0. The normalized spacial score (nSPS) is 10.8. The molecule has 0 saturated carbocycles. The first kappa shape index (κ1) is 14.0. The number of thiazole rings is 1. The Morgan fingerprint density at radius 3 is 2.33 bits per heavy atom. The van der Waals surface area contributed by atoms with Gasteiger partial charge in [0.2, 0.25) is 0 Å². The third-order valence-electron chi connectivity index (χ3n) is 3.38. The molecule has 0 saturated heterocycles. The second-order valence-electron chi connectivity index (χ2n) is 5.06. The number of nitrogens with one attached hydrogen (secondary N) is 1. The molecule has 21 heavy (non-hydrogen) atoms. The van der Waals surface area contributed by atoms with Crippen LogP contribution in [0.15, 0.2) is 54.6 Å². The van der Waals surface area contributed by atoms with Crippen molar-refractivity contribution in [3.63, 3.8) is 0 Å². The molecule has 0 spiro atoms. The second kappa shape index (κ2) is 6.20. The van der Waals surface area contributed by atoms with Gasteiger partial charge >= 0.3 is 0 Å². The minimum absolute atomic E-state index is 0.784. The summed E-state index contributed by atoms with van der Waals surface area (Å²) in [7, 11) is 1.96. The van der Waals surface area contributed by atoms with Gasteiger partial charge in [0.25, 0.3) is 0 Å². The van der Waals surface area contributed by atoms with Gasteiger partial charge in [-0.25, -0.2) is 4.98 Å². The summed E-state index contributed by atoms with van der Waals surface area (Å²) in [4.78, 5) is 6.08. The van der Waals surface area contributed by atoms with Crippen LogP contribution in [0, 0.1) is 6.92 Å². The molecule has 1 N–H and O–H groups in total. The quantitative estimate of drug-likeness (QED) is 0.766. The lowest BCUT2D eigenvalue weighted by Gasteiger charge is -2.00. The van der Waals surface area contributed by atoms with Crippen LogP contribution in [0.5, 0.6) is 0 Å². The molecule has 1 aromatic heterocycles. The molecular formula is C18H18N2S. The standard InChI is InChI=1S/C18H18N2S/c1-13-8-10-15(11-9-13)18-20-16(12-19-2)17(21-18)14-6-4-3-5-7-14/h3-11,19H,12H2,1-2H3. The summed E-state index contributed by atoms with van der Waals surface area (Å²) in [5.41, 5.74) is 4.81. The van der Waals surface area contributed by atoms with Crippen molar-refractivity contribution >= 4 is 11.3 Å². The van der Waals surface area contributed by atoms with Gasteiger partial charge in [-0.3, -0.25) is 0 Å². The summed E-state index contributed by atoms with van der Waals surface area (Å²) in [6, 6.07) is 19.0. The van der Waals surface area contributed by atoms with Crippen molar-refractivity contribution in [2.45, 2.75) is 13.5 Å². The van der Waals surface area contributed by atoms with Crippen molar-refractivity contribution in [1.82, 2.24) is 10.3 Å². The number of aromatic nitrogens is 1. The van der Waals surface area contributed by atoms with Gasteiger partial charge in [-0.1, -0.05) is 60.2 Å². The summed E-state index contributed by atoms with van der Waals surface area (Å²) in [6.45, 7) is 2.89. The van der Waals surface area contributed by atoms with Crippen molar-refractivity contribution in [3.05, 3.63) is 65.9 Å². The lowest BCUT2D eigenvalue weighted by molar-refractivity contribution is 0.799. The van der Waals surface area contributed by atoms with Crippen molar-refractivity contribution in [3.8, 4) is 21.0 Å². The van der Waals surface area contributed by atoms with Crippen LogP contribution < -0.4 is 5.32 Å². The van der Waals surface area contributed by atoms with Crippen molar-refractivity contribution < 1.29 is 0 Å². The van der Waals surface area contributed by atoms with Gasteiger partial charge in [-0.15, -0.1) is 11.3 Å². The Morgan fingerprint density at radius 1 is 0.952 bits per heavy atom. The van der Waals surface area contributed by atoms with E-state index in [1.807, 2.05) is 13.1 Å². The zero-order valence-electron chi connectivity index (χ0n) is 12.3. The highest BCUT2D eigenvalue weighted by Gasteiger charge is 2.13. The molecule has 3 heteroatoms. The van der Waals surface area contributed by atoms with Crippen LogP contribution in [0.3, 0.4) is 0 Å². The van der Waals surface area contributed by atoms with Crippen LogP contribution >= 0.6 is 11.3 Å². The van der Waals surface area contributed by atoms with Gasteiger partial charge in [0.1, 0.15) is 5.01 Å². The van der Waals surface area contributed by atoms with Crippen LogP contribution in [-0.2, 0) is 6.54 Å². The van der Waals surface area contributed by atoms with E-state index in [0.717, 1.165) is 17.2 Å². The van der Waals surface area contributed by atoms with E-state index in [9.17, 15) is 0 Å². The van der Waals surface area contributed by atoms with Crippen molar-refractivity contribution in [1.29, 1.82) is 0 Å². The molecule has 2 aromatic carbocycles.